The van der Waals surface area contributed by atoms with Crippen molar-refractivity contribution in [3.05, 3.63) is 0 Å². The molecule has 1 aliphatic rings. The van der Waals surface area contributed by atoms with E-state index in [1.54, 1.807) is 0 Å². The van der Waals surface area contributed by atoms with Crippen LogP contribution < -0.4 is 5.73 Å². The summed E-state index contributed by atoms with van der Waals surface area (Å²) in [5.74, 6) is 0.278. The summed E-state index contributed by atoms with van der Waals surface area (Å²) in [7, 11) is 0. The van der Waals surface area contributed by atoms with E-state index in [0.717, 1.165) is 32.7 Å². The molecule has 0 radical (unpaired) electrons. The van der Waals surface area contributed by atoms with Crippen molar-refractivity contribution in [3.63, 3.8) is 0 Å². The molecule has 1 saturated heterocycles. The van der Waals surface area contributed by atoms with Gasteiger partial charge in [0.1, 0.15) is 5.84 Å². The van der Waals surface area contributed by atoms with E-state index in [9.17, 15) is 0 Å². The first-order chi connectivity index (χ1) is 5.72. The highest BCUT2D eigenvalue weighted by Gasteiger charge is 2.15. The zero-order valence-electron chi connectivity index (χ0n) is 7.71. The molecule has 1 heterocycles. The van der Waals surface area contributed by atoms with E-state index in [2.05, 4.69) is 16.7 Å². The van der Waals surface area contributed by atoms with Crippen molar-refractivity contribution in [1.82, 2.24) is 9.80 Å². The SMILES string of the molecule is CCN1CCN(CC(=N)N)CC1. The first-order valence-corrected chi connectivity index (χ1v) is 4.50. The lowest BCUT2D eigenvalue weighted by Crippen LogP contribution is -2.48. The molecule has 0 unspecified atom stereocenters. The van der Waals surface area contributed by atoms with Crippen LogP contribution in [0.15, 0.2) is 0 Å². The van der Waals surface area contributed by atoms with Gasteiger partial charge in [-0.05, 0) is 6.54 Å². The lowest BCUT2D eigenvalue weighted by atomic mass is 10.3. The van der Waals surface area contributed by atoms with Crippen LogP contribution in [-0.4, -0.2) is 54.9 Å². The van der Waals surface area contributed by atoms with Gasteiger partial charge in [0.2, 0.25) is 0 Å². The van der Waals surface area contributed by atoms with Gasteiger partial charge in [0.25, 0.3) is 0 Å². The van der Waals surface area contributed by atoms with E-state index in [4.69, 9.17) is 11.1 Å². The van der Waals surface area contributed by atoms with Gasteiger partial charge in [-0.1, -0.05) is 6.92 Å². The molecule has 1 aliphatic heterocycles. The van der Waals surface area contributed by atoms with Crippen LogP contribution >= 0.6 is 0 Å². The summed E-state index contributed by atoms with van der Waals surface area (Å²) in [6, 6.07) is 0. The molecular formula is C8H18N4. The number of rotatable bonds is 3. The fourth-order valence-electron chi connectivity index (χ4n) is 1.50. The maximum absolute atomic E-state index is 7.15. The summed E-state index contributed by atoms with van der Waals surface area (Å²) >= 11 is 0. The number of nitrogens with zero attached hydrogens (tertiary/aromatic N) is 2. The quantitative estimate of drug-likeness (QED) is 0.446. The third-order valence-electron chi connectivity index (χ3n) is 2.31. The molecule has 1 rings (SSSR count). The van der Waals surface area contributed by atoms with Gasteiger partial charge in [-0.25, -0.2) is 0 Å². The smallest absolute Gasteiger partial charge is 0.105 e. The number of hydrogen-bond acceptors (Lipinski definition) is 3. The second-order valence-electron chi connectivity index (χ2n) is 3.24. The molecule has 0 amide bonds. The third-order valence-corrected chi connectivity index (χ3v) is 2.31. The predicted molar refractivity (Wildman–Crippen MR) is 50.5 cm³/mol. The molecule has 4 heteroatoms. The predicted octanol–water partition coefficient (Wildman–Crippen LogP) is -0.440. The molecule has 0 aromatic rings. The topological polar surface area (TPSA) is 56.4 Å². The lowest BCUT2D eigenvalue weighted by Gasteiger charge is -2.33. The van der Waals surface area contributed by atoms with Gasteiger partial charge in [0.15, 0.2) is 0 Å². The summed E-state index contributed by atoms with van der Waals surface area (Å²) in [4.78, 5) is 4.64. The Labute approximate surface area is 73.8 Å². The zero-order valence-corrected chi connectivity index (χ0v) is 7.71. The van der Waals surface area contributed by atoms with Gasteiger partial charge >= 0.3 is 0 Å². The molecule has 70 valence electrons. The standard InChI is InChI=1S/C8H18N4/c1-2-11-3-5-12(6-4-11)7-8(9)10/h2-7H2,1H3,(H3,9,10). The number of likely N-dealkylation sites (N-methyl/N-ethyl adjacent to an activating group) is 1. The minimum absolute atomic E-state index is 0.278. The Kier molecular flexibility index (Phi) is 3.49. The summed E-state index contributed by atoms with van der Waals surface area (Å²) in [5.41, 5.74) is 5.32. The Morgan fingerprint density at radius 3 is 2.17 bits per heavy atom. The highest BCUT2D eigenvalue weighted by molar-refractivity contribution is 5.78. The molecule has 0 aromatic heterocycles. The Balaban J connectivity index is 2.21. The highest BCUT2D eigenvalue weighted by Crippen LogP contribution is 1.99. The molecule has 0 bridgehead atoms. The van der Waals surface area contributed by atoms with E-state index in [-0.39, 0.29) is 5.84 Å². The second-order valence-corrected chi connectivity index (χ2v) is 3.24. The second kappa shape index (κ2) is 4.42. The van der Waals surface area contributed by atoms with E-state index < -0.39 is 0 Å². The van der Waals surface area contributed by atoms with Gasteiger partial charge in [0, 0.05) is 26.2 Å². The van der Waals surface area contributed by atoms with E-state index in [1.165, 1.54) is 0 Å². The number of piperazine rings is 1. The number of hydrogen-bond donors (Lipinski definition) is 2. The van der Waals surface area contributed by atoms with E-state index in [1.807, 2.05) is 0 Å². The number of amidine groups is 1. The molecular weight excluding hydrogens is 152 g/mol. The molecule has 0 aliphatic carbocycles. The summed E-state index contributed by atoms with van der Waals surface area (Å²) in [5, 5.41) is 7.15. The maximum atomic E-state index is 7.15. The zero-order chi connectivity index (χ0) is 8.97. The molecule has 4 nitrogen and oxygen atoms in total. The molecule has 0 spiro atoms. The molecule has 0 saturated carbocycles. The van der Waals surface area contributed by atoms with Gasteiger partial charge in [-0.2, -0.15) is 0 Å². The van der Waals surface area contributed by atoms with Crippen LogP contribution in [0.4, 0.5) is 0 Å². The molecule has 1 fully saturated rings. The van der Waals surface area contributed by atoms with Gasteiger partial charge < -0.3 is 10.6 Å². The van der Waals surface area contributed by atoms with Crippen LogP contribution in [0.5, 0.6) is 0 Å². The third kappa shape index (κ3) is 2.79. The Morgan fingerprint density at radius 1 is 1.25 bits per heavy atom. The first-order valence-electron chi connectivity index (χ1n) is 4.50. The van der Waals surface area contributed by atoms with Gasteiger partial charge in [0.05, 0.1) is 6.54 Å². The fourth-order valence-corrected chi connectivity index (χ4v) is 1.50. The maximum Gasteiger partial charge on any atom is 0.105 e. The molecule has 0 aromatic carbocycles. The molecule has 12 heavy (non-hydrogen) atoms. The van der Waals surface area contributed by atoms with Crippen molar-refractivity contribution in [2.45, 2.75) is 6.92 Å². The average Bonchev–Trinajstić information content (AvgIpc) is 2.05. The molecule has 3 N–H and O–H groups in total. The normalized spacial score (nSPS) is 21.1. The van der Waals surface area contributed by atoms with Crippen LogP contribution in [0.25, 0.3) is 0 Å². The monoisotopic (exact) mass is 170 g/mol. The van der Waals surface area contributed by atoms with Crippen LogP contribution in [0.1, 0.15) is 6.92 Å². The van der Waals surface area contributed by atoms with Crippen LogP contribution in [0.3, 0.4) is 0 Å². The van der Waals surface area contributed by atoms with Crippen molar-refractivity contribution in [1.29, 1.82) is 5.41 Å². The van der Waals surface area contributed by atoms with Crippen molar-refractivity contribution < 1.29 is 0 Å². The lowest BCUT2D eigenvalue weighted by molar-refractivity contribution is 0.151. The van der Waals surface area contributed by atoms with Crippen molar-refractivity contribution in [2.24, 2.45) is 5.73 Å². The van der Waals surface area contributed by atoms with E-state index in [0.29, 0.717) is 6.54 Å². The number of nitrogens with one attached hydrogen (secondary N) is 1. The Morgan fingerprint density at radius 2 is 1.75 bits per heavy atom. The van der Waals surface area contributed by atoms with Crippen LogP contribution in [0, 0.1) is 5.41 Å². The van der Waals surface area contributed by atoms with E-state index >= 15 is 0 Å². The number of nitrogens with two attached hydrogens (primary N) is 1. The van der Waals surface area contributed by atoms with Crippen LogP contribution in [-0.2, 0) is 0 Å². The highest BCUT2D eigenvalue weighted by atomic mass is 15.3. The minimum Gasteiger partial charge on any atom is -0.387 e. The van der Waals surface area contributed by atoms with Crippen molar-refractivity contribution >= 4 is 5.84 Å². The first kappa shape index (κ1) is 9.48. The molecule has 0 atom stereocenters. The summed E-state index contributed by atoms with van der Waals surface area (Å²) in [6.07, 6.45) is 0. The largest absolute Gasteiger partial charge is 0.387 e. The Hall–Kier alpha value is -0.610. The Bertz CT molecular complexity index is 149. The van der Waals surface area contributed by atoms with Gasteiger partial charge in [-0.3, -0.25) is 10.3 Å². The average molecular weight is 170 g/mol. The fraction of sp³-hybridized carbons (Fsp3) is 0.875. The van der Waals surface area contributed by atoms with Crippen LogP contribution in [0.2, 0.25) is 0 Å². The van der Waals surface area contributed by atoms with Gasteiger partial charge in [-0.15, -0.1) is 0 Å². The van der Waals surface area contributed by atoms with Crippen molar-refractivity contribution in [3.8, 4) is 0 Å². The summed E-state index contributed by atoms with van der Waals surface area (Å²) in [6.45, 7) is 8.28. The minimum atomic E-state index is 0.278. The summed E-state index contributed by atoms with van der Waals surface area (Å²) < 4.78 is 0. The van der Waals surface area contributed by atoms with Crippen molar-refractivity contribution in [2.75, 3.05) is 39.3 Å².